The molecule has 0 aromatic heterocycles. The van der Waals surface area contributed by atoms with Crippen LogP contribution in [0.25, 0.3) is 0 Å². The van der Waals surface area contributed by atoms with Gasteiger partial charge in [0.1, 0.15) is 16.8 Å². The molecule has 2 N–H and O–H groups in total. The number of carboxylic acid groups (broad SMARTS) is 1. The van der Waals surface area contributed by atoms with Gasteiger partial charge in [-0.1, -0.05) is 17.7 Å². The van der Waals surface area contributed by atoms with Crippen molar-refractivity contribution in [1.29, 1.82) is 0 Å². The third-order valence-electron chi connectivity index (χ3n) is 1.91. The second-order valence-electron chi connectivity index (χ2n) is 3.10. The normalized spacial score (nSPS) is 11.9. The van der Waals surface area contributed by atoms with E-state index in [2.05, 4.69) is 5.32 Å². The largest absolute Gasteiger partial charge is 0.480 e. The van der Waals surface area contributed by atoms with Gasteiger partial charge in [-0.3, -0.25) is 14.9 Å². The van der Waals surface area contributed by atoms with Crippen molar-refractivity contribution in [2.45, 2.75) is 13.0 Å². The van der Waals surface area contributed by atoms with E-state index in [-0.39, 0.29) is 16.4 Å². The van der Waals surface area contributed by atoms with Crippen molar-refractivity contribution in [1.82, 2.24) is 0 Å². The van der Waals surface area contributed by atoms with Gasteiger partial charge >= 0.3 is 11.7 Å². The number of anilines is 1. The first-order valence-electron chi connectivity index (χ1n) is 4.35. The third kappa shape index (κ3) is 2.60. The number of nitrogens with one attached hydrogen (secondary N) is 1. The standard InChI is InChI=1S/C9H9ClN2O4/c1-5(9(13)14)11-7-4-2-3-6(10)8(7)12(15)16/h2-5,11H,1H3,(H,13,14). The van der Waals surface area contributed by atoms with Crippen LogP contribution in [0.1, 0.15) is 6.92 Å². The summed E-state index contributed by atoms with van der Waals surface area (Å²) < 4.78 is 0. The van der Waals surface area contributed by atoms with Crippen LogP contribution >= 0.6 is 11.6 Å². The van der Waals surface area contributed by atoms with Gasteiger partial charge in [-0.2, -0.15) is 0 Å². The van der Waals surface area contributed by atoms with Gasteiger partial charge in [0.15, 0.2) is 0 Å². The summed E-state index contributed by atoms with van der Waals surface area (Å²) in [5, 5.41) is 21.9. The highest BCUT2D eigenvalue weighted by Crippen LogP contribution is 2.32. The molecule has 0 aliphatic rings. The molecule has 86 valence electrons. The van der Waals surface area contributed by atoms with Crippen molar-refractivity contribution in [3.05, 3.63) is 33.3 Å². The van der Waals surface area contributed by atoms with Crippen molar-refractivity contribution in [2.75, 3.05) is 5.32 Å². The molecule has 1 aromatic rings. The number of para-hydroxylation sites is 1. The Morgan fingerprint density at radius 3 is 2.75 bits per heavy atom. The molecule has 7 heteroatoms. The predicted octanol–water partition coefficient (Wildman–Crippen LogP) is 2.13. The lowest BCUT2D eigenvalue weighted by atomic mass is 10.2. The third-order valence-corrected chi connectivity index (χ3v) is 2.22. The minimum Gasteiger partial charge on any atom is -0.480 e. The summed E-state index contributed by atoms with van der Waals surface area (Å²) in [4.78, 5) is 20.7. The first-order chi connectivity index (χ1) is 7.43. The molecule has 0 spiro atoms. The van der Waals surface area contributed by atoms with E-state index >= 15 is 0 Å². The number of nitro benzene ring substituents is 1. The van der Waals surface area contributed by atoms with Crippen LogP contribution in [0.5, 0.6) is 0 Å². The molecule has 0 saturated carbocycles. The fourth-order valence-corrected chi connectivity index (χ4v) is 1.36. The van der Waals surface area contributed by atoms with E-state index in [4.69, 9.17) is 16.7 Å². The number of nitro groups is 1. The van der Waals surface area contributed by atoms with Crippen LogP contribution in [-0.4, -0.2) is 22.0 Å². The second kappa shape index (κ2) is 4.80. The molecule has 1 unspecified atom stereocenters. The minimum absolute atomic E-state index is 0.0346. The highest BCUT2D eigenvalue weighted by Gasteiger charge is 2.21. The van der Waals surface area contributed by atoms with E-state index in [0.29, 0.717) is 0 Å². The molecular weight excluding hydrogens is 236 g/mol. The van der Waals surface area contributed by atoms with Gasteiger partial charge in [-0.15, -0.1) is 0 Å². The minimum atomic E-state index is -1.10. The molecular formula is C9H9ClN2O4. The first kappa shape index (κ1) is 12.3. The Morgan fingerprint density at radius 1 is 1.62 bits per heavy atom. The molecule has 0 saturated heterocycles. The molecule has 1 rings (SSSR count). The van der Waals surface area contributed by atoms with Gasteiger partial charge in [0.25, 0.3) is 0 Å². The Bertz CT molecular complexity index is 436. The van der Waals surface area contributed by atoms with E-state index in [1.807, 2.05) is 0 Å². The lowest BCUT2D eigenvalue weighted by molar-refractivity contribution is -0.383. The Kier molecular flexibility index (Phi) is 3.68. The van der Waals surface area contributed by atoms with E-state index in [1.165, 1.54) is 25.1 Å². The van der Waals surface area contributed by atoms with Crippen LogP contribution in [0.4, 0.5) is 11.4 Å². The van der Waals surface area contributed by atoms with Gasteiger partial charge in [-0.05, 0) is 19.1 Å². The van der Waals surface area contributed by atoms with Crippen molar-refractivity contribution in [2.24, 2.45) is 0 Å². The SMILES string of the molecule is CC(Nc1cccc(Cl)c1[N+](=O)[O-])C(=O)O. The van der Waals surface area contributed by atoms with Gasteiger partial charge < -0.3 is 10.4 Å². The molecule has 0 aliphatic heterocycles. The van der Waals surface area contributed by atoms with Crippen LogP contribution in [0.15, 0.2) is 18.2 Å². The van der Waals surface area contributed by atoms with Gasteiger partial charge in [0, 0.05) is 0 Å². The molecule has 0 radical (unpaired) electrons. The summed E-state index contributed by atoms with van der Waals surface area (Å²) in [5.74, 6) is -1.10. The summed E-state index contributed by atoms with van der Waals surface area (Å²) in [5.41, 5.74) is -0.232. The lowest BCUT2D eigenvalue weighted by Gasteiger charge is -2.11. The number of benzene rings is 1. The van der Waals surface area contributed by atoms with Crippen molar-refractivity contribution < 1.29 is 14.8 Å². The Morgan fingerprint density at radius 2 is 2.25 bits per heavy atom. The highest BCUT2D eigenvalue weighted by atomic mass is 35.5. The van der Waals surface area contributed by atoms with Gasteiger partial charge in [-0.25, -0.2) is 0 Å². The topological polar surface area (TPSA) is 92.5 Å². The zero-order chi connectivity index (χ0) is 12.3. The smallest absolute Gasteiger partial charge is 0.325 e. The number of carboxylic acids is 1. The van der Waals surface area contributed by atoms with Crippen LogP contribution in [0, 0.1) is 10.1 Å². The molecule has 1 atom stereocenters. The van der Waals surface area contributed by atoms with E-state index in [9.17, 15) is 14.9 Å². The maximum atomic E-state index is 10.7. The molecule has 6 nitrogen and oxygen atoms in total. The molecule has 0 bridgehead atoms. The maximum Gasteiger partial charge on any atom is 0.325 e. The fourth-order valence-electron chi connectivity index (χ4n) is 1.11. The van der Waals surface area contributed by atoms with Crippen LogP contribution in [0.3, 0.4) is 0 Å². The Labute approximate surface area is 96.0 Å². The average molecular weight is 245 g/mol. The zero-order valence-corrected chi connectivity index (χ0v) is 9.06. The number of halogens is 1. The van der Waals surface area contributed by atoms with Crippen LogP contribution < -0.4 is 5.32 Å². The van der Waals surface area contributed by atoms with Crippen molar-refractivity contribution in [3.63, 3.8) is 0 Å². The first-order valence-corrected chi connectivity index (χ1v) is 4.73. The number of nitrogens with zero attached hydrogens (tertiary/aromatic N) is 1. The van der Waals surface area contributed by atoms with Gasteiger partial charge in [0.05, 0.1) is 4.92 Å². The molecule has 0 amide bonds. The summed E-state index contributed by atoms with van der Waals surface area (Å²) in [6.07, 6.45) is 0. The zero-order valence-electron chi connectivity index (χ0n) is 8.31. The lowest BCUT2D eigenvalue weighted by Crippen LogP contribution is -2.25. The predicted molar refractivity (Wildman–Crippen MR) is 58.8 cm³/mol. The average Bonchev–Trinajstić information content (AvgIpc) is 2.16. The monoisotopic (exact) mass is 244 g/mol. The number of hydrogen-bond acceptors (Lipinski definition) is 4. The van der Waals surface area contributed by atoms with Gasteiger partial charge in [0.2, 0.25) is 0 Å². The maximum absolute atomic E-state index is 10.7. The van der Waals surface area contributed by atoms with Crippen LogP contribution in [0.2, 0.25) is 5.02 Å². The summed E-state index contributed by atoms with van der Waals surface area (Å²) in [6.45, 7) is 1.38. The highest BCUT2D eigenvalue weighted by molar-refractivity contribution is 6.33. The van der Waals surface area contributed by atoms with Crippen molar-refractivity contribution >= 4 is 28.9 Å². The Hall–Kier alpha value is -1.82. The quantitative estimate of drug-likeness (QED) is 0.625. The fraction of sp³-hybridized carbons (Fsp3) is 0.222. The van der Waals surface area contributed by atoms with E-state index < -0.39 is 16.9 Å². The van der Waals surface area contributed by atoms with Crippen molar-refractivity contribution in [3.8, 4) is 0 Å². The second-order valence-corrected chi connectivity index (χ2v) is 3.50. The number of hydrogen-bond donors (Lipinski definition) is 2. The molecule has 1 aromatic carbocycles. The molecule has 0 fully saturated rings. The number of rotatable bonds is 4. The van der Waals surface area contributed by atoms with E-state index in [1.54, 1.807) is 0 Å². The molecule has 0 aliphatic carbocycles. The molecule has 0 heterocycles. The molecule has 16 heavy (non-hydrogen) atoms. The summed E-state index contributed by atoms with van der Waals surface area (Å²) >= 11 is 5.66. The summed E-state index contributed by atoms with van der Waals surface area (Å²) in [7, 11) is 0. The van der Waals surface area contributed by atoms with E-state index in [0.717, 1.165) is 0 Å². The number of aliphatic carboxylic acids is 1. The van der Waals surface area contributed by atoms with Crippen LogP contribution in [-0.2, 0) is 4.79 Å². The summed E-state index contributed by atoms with van der Waals surface area (Å²) in [6, 6.07) is 3.35. The number of carbonyl (C=O) groups is 1. The Balaban J connectivity index is 3.09.